The molecule has 1 aliphatic rings. The highest BCUT2D eigenvalue weighted by atomic mass is 19.2. The first-order valence-corrected chi connectivity index (χ1v) is 11.3. The molecule has 0 unspecified atom stereocenters. The molecular weight excluding hydrogens is 513 g/mol. The van der Waals surface area contributed by atoms with Crippen molar-refractivity contribution in [3.63, 3.8) is 0 Å². The summed E-state index contributed by atoms with van der Waals surface area (Å²) in [5, 5.41) is 2.14. The third-order valence-corrected chi connectivity index (χ3v) is 6.09. The number of hydrogen-bond acceptors (Lipinski definition) is 5. The molecule has 1 heterocycles. The molecule has 0 aliphatic carbocycles. The van der Waals surface area contributed by atoms with Crippen LogP contribution in [-0.4, -0.2) is 57.1 Å². The summed E-state index contributed by atoms with van der Waals surface area (Å²) in [7, 11) is 3.00. The predicted molar refractivity (Wildman–Crippen MR) is 128 cm³/mol. The largest absolute Gasteiger partial charge is 0.497 e. The SMILES string of the molecule is COc1cc(OC)cc(C(=O)N2CCN(c3ccc(NC(=O)c4c(F)c(F)c(F)c(F)c4F)cc3)CC2)c1. The topological polar surface area (TPSA) is 71.1 Å². The fourth-order valence-corrected chi connectivity index (χ4v) is 4.03. The number of halogens is 5. The summed E-state index contributed by atoms with van der Waals surface area (Å²) in [5.41, 5.74) is -0.304. The van der Waals surface area contributed by atoms with Crippen LogP contribution in [0.2, 0.25) is 0 Å². The molecule has 0 aromatic heterocycles. The molecular formula is C26H22F5N3O4. The maximum atomic E-state index is 13.9. The van der Waals surface area contributed by atoms with Crippen molar-refractivity contribution in [2.75, 3.05) is 50.6 Å². The van der Waals surface area contributed by atoms with Gasteiger partial charge in [0.25, 0.3) is 11.8 Å². The molecule has 0 radical (unpaired) electrons. The zero-order valence-electron chi connectivity index (χ0n) is 20.3. The van der Waals surface area contributed by atoms with Crippen LogP contribution in [0, 0.1) is 29.1 Å². The minimum Gasteiger partial charge on any atom is -0.497 e. The van der Waals surface area contributed by atoms with Crippen LogP contribution in [0.25, 0.3) is 0 Å². The van der Waals surface area contributed by atoms with Crippen LogP contribution in [-0.2, 0) is 0 Å². The van der Waals surface area contributed by atoms with Gasteiger partial charge in [-0.15, -0.1) is 0 Å². The number of amides is 2. The van der Waals surface area contributed by atoms with Crippen molar-refractivity contribution in [2.45, 2.75) is 0 Å². The molecule has 0 spiro atoms. The van der Waals surface area contributed by atoms with Crippen LogP contribution in [0.1, 0.15) is 20.7 Å². The number of nitrogens with one attached hydrogen (secondary N) is 1. The van der Waals surface area contributed by atoms with Gasteiger partial charge in [-0.05, 0) is 36.4 Å². The van der Waals surface area contributed by atoms with E-state index in [-0.39, 0.29) is 11.6 Å². The quantitative estimate of drug-likeness (QED) is 0.284. The Bertz CT molecular complexity index is 1330. The second-order valence-corrected chi connectivity index (χ2v) is 8.33. The summed E-state index contributed by atoms with van der Waals surface area (Å²) < 4.78 is 78.3. The summed E-state index contributed by atoms with van der Waals surface area (Å²) in [6, 6.07) is 11.0. The van der Waals surface area contributed by atoms with Crippen molar-refractivity contribution in [2.24, 2.45) is 0 Å². The number of ether oxygens (including phenoxy) is 2. The molecule has 7 nitrogen and oxygen atoms in total. The Labute approximate surface area is 214 Å². The number of hydrogen-bond donors (Lipinski definition) is 1. The zero-order chi connectivity index (χ0) is 27.6. The highest BCUT2D eigenvalue weighted by Gasteiger charge is 2.30. The molecule has 0 bridgehead atoms. The van der Waals surface area contributed by atoms with Crippen LogP contribution >= 0.6 is 0 Å². The van der Waals surface area contributed by atoms with Crippen molar-refractivity contribution < 1.29 is 41.0 Å². The van der Waals surface area contributed by atoms with Gasteiger partial charge in [-0.2, -0.15) is 0 Å². The number of piperazine rings is 1. The molecule has 3 aromatic carbocycles. The summed E-state index contributed by atoms with van der Waals surface area (Å²) in [5.74, 6) is -11.8. The number of rotatable bonds is 6. The van der Waals surface area contributed by atoms with Crippen molar-refractivity contribution in [3.8, 4) is 11.5 Å². The third-order valence-electron chi connectivity index (χ3n) is 6.09. The molecule has 0 saturated carbocycles. The van der Waals surface area contributed by atoms with Gasteiger partial charge in [0, 0.05) is 49.2 Å². The molecule has 1 aliphatic heterocycles. The van der Waals surface area contributed by atoms with Crippen LogP contribution in [0.15, 0.2) is 42.5 Å². The lowest BCUT2D eigenvalue weighted by atomic mass is 10.1. The number of anilines is 2. The van der Waals surface area contributed by atoms with E-state index in [1.54, 1.807) is 35.2 Å². The van der Waals surface area contributed by atoms with Gasteiger partial charge >= 0.3 is 0 Å². The molecule has 12 heteroatoms. The number of carbonyl (C=O) groups excluding carboxylic acids is 2. The van der Waals surface area contributed by atoms with E-state index >= 15 is 0 Å². The van der Waals surface area contributed by atoms with Crippen LogP contribution < -0.4 is 19.7 Å². The molecule has 200 valence electrons. The van der Waals surface area contributed by atoms with Crippen LogP contribution in [0.3, 0.4) is 0 Å². The summed E-state index contributed by atoms with van der Waals surface area (Å²) >= 11 is 0. The lowest BCUT2D eigenvalue weighted by Crippen LogP contribution is -2.48. The Kier molecular flexibility index (Phi) is 7.70. The molecule has 3 aromatic rings. The van der Waals surface area contributed by atoms with Crippen LogP contribution in [0.5, 0.6) is 11.5 Å². The van der Waals surface area contributed by atoms with E-state index in [2.05, 4.69) is 5.32 Å². The minimum atomic E-state index is -2.34. The third kappa shape index (κ3) is 5.20. The van der Waals surface area contributed by atoms with Gasteiger partial charge in [-0.3, -0.25) is 9.59 Å². The minimum absolute atomic E-state index is 0.0866. The van der Waals surface area contributed by atoms with E-state index in [0.717, 1.165) is 5.69 Å². The van der Waals surface area contributed by atoms with Crippen LogP contribution in [0.4, 0.5) is 33.3 Å². The van der Waals surface area contributed by atoms with Gasteiger partial charge in [0.1, 0.15) is 17.1 Å². The number of carbonyl (C=O) groups is 2. The van der Waals surface area contributed by atoms with E-state index in [4.69, 9.17) is 9.47 Å². The first-order chi connectivity index (χ1) is 18.1. The summed E-state index contributed by atoms with van der Waals surface area (Å²) in [6.45, 7) is 1.86. The molecule has 2 amide bonds. The number of nitrogens with zero attached hydrogens (tertiary/aromatic N) is 2. The van der Waals surface area contributed by atoms with Crippen molar-refractivity contribution in [1.82, 2.24) is 4.90 Å². The molecule has 38 heavy (non-hydrogen) atoms. The monoisotopic (exact) mass is 535 g/mol. The predicted octanol–water partition coefficient (Wildman–Crippen LogP) is 4.61. The van der Waals surface area contributed by atoms with E-state index in [0.29, 0.717) is 43.2 Å². The second-order valence-electron chi connectivity index (χ2n) is 8.33. The standard InChI is InChI=1S/C26H22F5N3O4/c1-37-17-11-14(12-18(13-17)38-2)26(36)34-9-7-33(8-10-34)16-5-3-15(4-6-16)32-25(35)19-20(27)22(29)24(31)23(30)21(19)28/h3-6,11-13H,7-10H2,1-2H3,(H,32,35). The van der Waals surface area contributed by atoms with E-state index < -0.39 is 40.6 Å². The van der Waals surface area contributed by atoms with E-state index in [9.17, 15) is 31.5 Å². The second kappa shape index (κ2) is 11.0. The van der Waals surface area contributed by atoms with E-state index in [1.807, 2.05) is 4.90 Å². The maximum absolute atomic E-state index is 13.9. The fraction of sp³-hybridized carbons (Fsp3) is 0.231. The maximum Gasteiger partial charge on any atom is 0.261 e. The smallest absolute Gasteiger partial charge is 0.261 e. The Morgan fingerprint density at radius 2 is 1.24 bits per heavy atom. The Morgan fingerprint density at radius 3 is 1.74 bits per heavy atom. The van der Waals surface area contributed by atoms with Crippen molar-refractivity contribution >= 4 is 23.2 Å². The lowest BCUT2D eigenvalue weighted by molar-refractivity contribution is 0.0745. The van der Waals surface area contributed by atoms with Gasteiger partial charge < -0.3 is 24.6 Å². The van der Waals surface area contributed by atoms with Gasteiger partial charge in [0.2, 0.25) is 5.82 Å². The highest BCUT2D eigenvalue weighted by Crippen LogP contribution is 2.26. The fourth-order valence-electron chi connectivity index (χ4n) is 4.03. The Morgan fingerprint density at radius 1 is 0.737 bits per heavy atom. The molecule has 1 N–H and O–H groups in total. The molecule has 1 fully saturated rings. The molecule has 1 saturated heterocycles. The molecule has 0 atom stereocenters. The number of benzene rings is 3. The summed E-state index contributed by atoms with van der Waals surface area (Å²) in [4.78, 5) is 28.9. The number of methoxy groups -OCH3 is 2. The van der Waals surface area contributed by atoms with Crippen molar-refractivity contribution in [1.29, 1.82) is 0 Å². The average Bonchev–Trinajstić information content (AvgIpc) is 2.95. The lowest BCUT2D eigenvalue weighted by Gasteiger charge is -2.36. The first kappa shape index (κ1) is 26.7. The molecule has 4 rings (SSSR count). The van der Waals surface area contributed by atoms with Gasteiger partial charge in [0.05, 0.1) is 14.2 Å². The first-order valence-electron chi connectivity index (χ1n) is 11.3. The van der Waals surface area contributed by atoms with E-state index in [1.165, 1.54) is 26.4 Å². The highest BCUT2D eigenvalue weighted by molar-refractivity contribution is 6.04. The van der Waals surface area contributed by atoms with Gasteiger partial charge in [-0.25, -0.2) is 22.0 Å². The Hall–Kier alpha value is -4.35. The Balaban J connectivity index is 1.40. The van der Waals surface area contributed by atoms with Gasteiger partial charge in [0.15, 0.2) is 23.3 Å². The normalized spacial score (nSPS) is 13.3. The summed E-state index contributed by atoms with van der Waals surface area (Å²) in [6.07, 6.45) is 0. The average molecular weight is 535 g/mol. The van der Waals surface area contributed by atoms with Crippen molar-refractivity contribution in [3.05, 3.63) is 82.7 Å². The van der Waals surface area contributed by atoms with Gasteiger partial charge in [-0.1, -0.05) is 0 Å². The zero-order valence-corrected chi connectivity index (χ0v) is 20.3.